The lowest BCUT2D eigenvalue weighted by molar-refractivity contribution is 0.489. The third-order valence-corrected chi connectivity index (χ3v) is 4.09. The Morgan fingerprint density at radius 2 is 1.85 bits per heavy atom. The molecule has 1 atom stereocenters. The van der Waals surface area contributed by atoms with Gasteiger partial charge >= 0.3 is 0 Å². The van der Waals surface area contributed by atoms with E-state index in [1.807, 2.05) is 0 Å². The second kappa shape index (κ2) is 5.68. The van der Waals surface area contributed by atoms with E-state index in [-0.39, 0.29) is 0 Å². The maximum absolute atomic E-state index is 3.52. The first kappa shape index (κ1) is 13.2. The zero-order valence-electron chi connectivity index (χ0n) is 12.3. The first-order valence-corrected chi connectivity index (χ1v) is 7.35. The number of rotatable bonds is 2. The predicted octanol–water partition coefficient (Wildman–Crippen LogP) is 3.45. The van der Waals surface area contributed by atoms with Gasteiger partial charge in [0, 0.05) is 25.3 Å². The van der Waals surface area contributed by atoms with E-state index in [4.69, 9.17) is 0 Å². The van der Waals surface area contributed by atoms with E-state index in [2.05, 4.69) is 72.6 Å². The molecule has 0 aliphatic carbocycles. The largest absolute Gasteiger partial charge is 0.362 e. The molecule has 104 valence electrons. The molecule has 0 aromatic heterocycles. The smallest absolute Gasteiger partial charge is 0.0667 e. The third kappa shape index (κ3) is 2.56. The Morgan fingerprint density at radius 1 is 1.05 bits per heavy atom. The van der Waals surface area contributed by atoms with Crippen molar-refractivity contribution in [2.75, 3.05) is 24.5 Å². The molecule has 1 saturated heterocycles. The third-order valence-electron chi connectivity index (χ3n) is 4.09. The van der Waals surface area contributed by atoms with Crippen LogP contribution in [0.15, 0.2) is 48.5 Å². The summed E-state index contributed by atoms with van der Waals surface area (Å²) in [6, 6.07) is 18.0. The van der Waals surface area contributed by atoms with Crippen LogP contribution in [0.4, 0.5) is 5.69 Å². The molecule has 0 amide bonds. The summed E-state index contributed by atoms with van der Waals surface area (Å²) >= 11 is 0. The summed E-state index contributed by atoms with van der Waals surface area (Å²) in [4.78, 5) is 2.54. The molecule has 2 aromatic rings. The summed E-state index contributed by atoms with van der Waals surface area (Å²) in [6.45, 7) is 7.49. The highest BCUT2D eigenvalue weighted by atomic mass is 15.2. The molecule has 2 heteroatoms. The minimum absolute atomic E-state index is 0.423. The molecule has 0 bridgehead atoms. The van der Waals surface area contributed by atoms with Gasteiger partial charge in [-0.15, -0.1) is 0 Å². The van der Waals surface area contributed by atoms with Gasteiger partial charge in [-0.2, -0.15) is 0 Å². The zero-order valence-corrected chi connectivity index (χ0v) is 12.3. The highest BCUT2D eigenvalue weighted by Gasteiger charge is 2.24. The molecule has 0 unspecified atom stereocenters. The maximum Gasteiger partial charge on any atom is 0.0667 e. The van der Waals surface area contributed by atoms with Gasteiger partial charge in [0.25, 0.3) is 0 Å². The second-order valence-electron chi connectivity index (χ2n) is 5.61. The van der Waals surface area contributed by atoms with Gasteiger partial charge in [-0.1, -0.05) is 48.0 Å². The molecule has 1 fully saturated rings. The summed E-state index contributed by atoms with van der Waals surface area (Å²) in [5.41, 5.74) is 5.45. The Kier molecular flexibility index (Phi) is 3.75. The van der Waals surface area contributed by atoms with Gasteiger partial charge in [0.15, 0.2) is 0 Å². The molecule has 1 aliphatic heterocycles. The molecule has 0 radical (unpaired) electrons. The van der Waals surface area contributed by atoms with Gasteiger partial charge in [-0.05, 0) is 31.0 Å². The van der Waals surface area contributed by atoms with Crippen molar-refractivity contribution in [2.45, 2.75) is 19.9 Å². The van der Waals surface area contributed by atoms with Gasteiger partial charge in [0.1, 0.15) is 0 Å². The number of aryl methyl sites for hydroxylation is 2. The van der Waals surface area contributed by atoms with Crippen LogP contribution in [0.2, 0.25) is 0 Å². The van der Waals surface area contributed by atoms with Gasteiger partial charge in [-0.25, -0.2) is 0 Å². The fraction of sp³-hybridized carbons (Fsp3) is 0.333. The van der Waals surface area contributed by atoms with Crippen molar-refractivity contribution in [1.82, 2.24) is 5.32 Å². The summed E-state index contributed by atoms with van der Waals surface area (Å²) in [5.74, 6) is 0. The van der Waals surface area contributed by atoms with Crippen LogP contribution in [0.25, 0.3) is 0 Å². The highest BCUT2D eigenvalue weighted by Crippen LogP contribution is 2.31. The van der Waals surface area contributed by atoms with E-state index in [0.717, 1.165) is 19.6 Å². The zero-order chi connectivity index (χ0) is 13.9. The van der Waals surface area contributed by atoms with Crippen LogP contribution in [-0.2, 0) is 0 Å². The summed E-state index contributed by atoms with van der Waals surface area (Å²) in [6.07, 6.45) is 0. The molecule has 2 aromatic carbocycles. The first-order chi connectivity index (χ1) is 9.75. The fourth-order valence-corrected chi connectivity index (χ4v) is 3.09. The molecule has 2 nitrogen and oxygen atoms in total. The van der Waals surface area contributed by atoms with Gasteiger partial charge < -0.3 is 10.2 Å². The Hall–Kier alpha value is -1.80. The van der Waals surface area contributed by atoms with Crippen LogP contribution >= 0.6 is 0 Å². The Bertz CT molecular complexity index is 577. The minimum atomic E-state index is 0.423. The Balaban J connectivity index is 1.97. The van der Waals surface area contributed by atoms with Crippen molar-refractivity contribution in [3.8, 4) is 0 Å². The van der Waals surface area contributed by atoms with Crippen molar-refractivity contribution in [3.05, 3.63) is 65.2 Å². The van der Waals surface area contributed by atoms with Crippen LogP contribution in [-0.4, -0.2) is 19.6 Å². The van der Waals surface area contributed by atoms with E-state index in [1.165, 1.54) is 22.4 Å². The number of hydrogen-bond acceptors (Lipinski definition) is 2. The molecular weight excluding hydrogens is 244 g/mol. The Labute approximate surface area is 121 Å². The second-order valence-corrected chi connectivity index (χ2v) is 5.61. The van der Waals surface area contributed by atoms with Gasteiger partial charge in [-0.3, -0.25) is 0 Å². The van der Waals surface area contributed by atoms with Crippen LogP contribution in [0.5, 0.6) is 0 Å². The van der Waals surface area contributed by atoms with Crippen LogP contribution in [0.1, 0.15) is 22.7 Å². The van der Waals surface area contributed by atoms with Gasteiger partial charge in [0.05, 0.1) is 6.04 Å². The molecular formula is C18H22N2. The molecule has 1 heterocycles. The highest BCUT2D eigenvalue weighted by molar-refractivity contribution is 5.56. The average Bonchev–Trinajstić information content (AvgIpc) is 2.48. The SMILES string of the molecule is Cc1ccc(N2CCNC[C@H]2c2ccccc2)c(C)c1. The van der Waals surface area contributed by atoms with E-state index in [1.54, 1.807) is 0 Å². The number of anilines is 1. The molecule has 1 aliphatic rings. The lowest BCUT2D eigenvalue weighted by Crippen LogP contribution is -2.46. The number of nitrogens with zero attached hydrogens (tertiary/aromatic N) is 1. The normalized spacial score (nSPS) is 19.1. The van der Waals surface area contributed by atoms with Crippen molar-refractivity contribution in [2.24, 2.45) is 0 Å². The fourth-order valence-electron chi connectivity index (χ4n) is 3.09. The standard InChI is InChI=1S/C18H22N2/c1-14-8-9-17(15(2)12-14)20-11-10-19-13-18(20)16-6-4-3-5-7-16/h3-9,12,18-19H,10-11,13H2,1-2H3/t18-/m0/s1. The van der Waals surface area contributed by atoms with E-state index in [9.17, 15) is 0 Å². The summed E-state index contributed by atoms with van der Waals surface area (Å²) in [5, 5.41) is 3.52. The van der Waals surface area contributed by atoms with E-state index >= 15 is 0 Å². The van der Waals surface area contributed by atoms with Crippen LogP contribution in [0.3, 0.4) is 0 Å². The summed E-state index contributed by atoms with van der Waals surface area (Å²) < 4.78 is 0. The quantitative estimate of drug-likeness (QED) is 0.895. The van der Waals surface area contributed by atoms with Crippen molar-refractivity contribution >= 4 is 5.69 Å². The lowest BCUT2D eigenvalue weighted by atomic mass is 10.0. The number of piperazine rings is 1. The van der Waals surface area contributed by atoms with E-state index in [0.29, 0.717) is 6.04 Å². The van der Waals surface area contributed by atoms with Crippen molar-refractivity contribution in [3.63, 3.8) is 0 Å². The number of hydrogen-bond donors (Lipinski definition) is 1. The molecule has 3 rings (SSSR count). The average molecular weight is 266 g/mol. The minimum Gasteiger partial charge on any atom is -0.362 e. The van der Waals surface area contributed by atoms with Crippen molar-refractivity contribution < 1.29 is 0 Å². The van der Waals surface area contributed by atoms with Crippen molar-refractivity contribution in [1.29, 1.82) is 0 Å². The lowest BCUT2D eigenvalue weighted by Gasteiger charge is -2.39. The predicted molar refractivity (Wildman–Crippen MR) is 85.3 cm³/mol. The number of benzene rings is 2. The summed E-state index contributed by atoms with van der Waals surface area (Å²) in [7, 11) is 0. The molecule has 20 heavy (non-hydrogen) atoms. The first-order valence-electron chi connectivity index (χ1n) is 7.35. The molecule has 1 N–H and O–H groups in total. The Morgan fingerprint density at radius 3 is 2.60 bits per heavy atom. The van der Waals surface area contributed by atoms with Crippen LogP contribution < -0.4 is 10.2 Å². The molecule has 0 saturated carbocycles. The molecule has 0 spiro atoms. The van der Waals surface area contributed by atoms with E-state index < -0.39 is 0 Å². The monoisotopic (exact) mass is 266 g/mol. The number of nitrogens with one attached hydrogen (secondary N) is 1. The van der Waals surface area contributed by atoms with Crippen LogP contribution in [0, 0.1) is 13.8 Å². The topological polar surface area (TPSA) is 15.3 Å². The maximum atomic E-state index is 3.52. The van der Waals surface area contributed by atoms with Gasteiger partial charge in [0.2, 0.25) is 0 Å².